The van der Waals surface area contributed by atoms with E-state index >= 15 is 0 Å². The van der Waals surface area contributed by atoms with Gasteiger partial charge in [0.1, 0.15) is 35.9 Å². The van der Waals surface area contributed by atoms with Gasteiger partial charge in [-0.1, -0.05) is 0 Å². The van der Waals surface area contributed by atoms with Gasteiger partial charge in [0.05, 0.1) is 106 Å². The Kier molecular flexibility index (Phi) is 65.4. The van der Waals surface area contributed by atoms with Crippen molar-refractivity contribution in [2.24, 2.45) is 0 Å². The molecule has 0 N–H and O–H groups in total. The molecule has 12 aliphatic rings. The summed E-state index contributed by atoms with van der Waals surface area (Å²) in [7, 11) is 0. The summed E-state index contributed by atoms with van der Waals surface area (Å²) >= 11 is 0. The summed E-state index contributed by atoms with van der Waals surface area (Å²) in [6.07, 6.45) is 7.95. The van der Waals surface area contributed by atoms with Crippen LogP contribution in [0.5, 0.6) is 0 Å². The highest BCUT2D eigenvalue weighted by Gasteiger charge is 2.30. The number of piperidine rings is 2. The first-order valence-corrected chi connectivity index (χ1v) is 33.7. The van der Waals surface area contributed by atoms with Crippen LogP contribution in [-0.4, -0.2) is 322 Å². The molecule has 12 fully saturated rings. The van der Waals surface area contributed by atoms with Gasteiger partial charge in [-0.3, -0.25) is 56.5 Å². The summed E-state index contributed by atoms with van der Waals surface area (Å²) in [5, 5.41) is 0. The number of ether oxygens (including phenoxy) is 8. The number of likely N-dealkylation sites (tertiary alicyclic amines) is 4. The Morgan fingerprint density at radius 1 is 0.202 bits per heavy atom. The van der Waals surface area contributed by atoms with Gasteiger partial charge in [0.2, 0.25) is 0 Å². The SMILES string of the molecule is C/C(F)=C(/N1CCCCC1)N1CCOCC1.F.F.F.F.F.F.F.F.F.F.F.F.F/C=C(\N1CCCC1)N1CCOCC1.FC(F)=C(N1CCCC1)N1CCOCC1.FC(F)=C(N1CCCCC1)N1CCOCC1.FC(F)=C(N1CCOCC1)N1CCOCC1.FC=C(N1CCOCC1)N1CCOCC1. The highest BCUT2D eigenvalue weighted by atomic mass is 19.3. The Morgan fingerprint density at radius 2 is 0.337 bits per heavy atom. The molecule has 0 saturated carbocycles. The molecule has 0 aliphatic carbocycles. The maximum atomic E-state index is 13.7. The van der Waals surface area contributed by atoms with Gasteiger partial charge < -0.3 is 96.7 Å². The van der Waals surface area contributed by atoms with E-state index < -0.39 is 18.2 Å². The van der Waals surface area contributed by atoms with Crippen LogP contribution in [0.3, 0.4) is 0 Å². The lowest BCUT2D eigenvalue weighted by Gasteiger charge is -2.39. The van der Waals surface area contributed by atoms with Crippen LogP contribution in [0.2, 0.25) is 0 Å². The second-order valence-electron chi connectivity index (χ2n) is 23.8. The van der Waals surface area contributed by atoms with Crippen molar-refractivity contribution >= 4 is 0 Å². The Balaban J connectivity index is -0.000000271. The molecule has 0 aromatic heterocycles. The fraction of sp³-hybridized carbons (Fsp3) is 0.810. The Labute approximate surface area is 596 Å². The zero-order valence-electron chi connectivity index (χ0n) is 59.4. The van der Waals surface area contributed by atoms with Gasteiger partial charge in [0.25, 0.3) is 0 Å². The standard InChI is InChI=1S/C12H21FN2O.C11H18F2N2O.C10H16F2N2O2.C10H16F2N2O.C10H17FN2O2.C10H17FN2O.12FH/c1-11(13)12(14-5-3-2-4-6-14)15-7-9-16-10-8-15;12-10(13)11(14-4-2-1-3-5-14)15-6-8-16-9-7-15;11-9(12)10(13-1-5-15-6-2-13)14-3-7-16-8-4-14;11-9(12)10(13-3-1-2-4-13)14-5-7-15-8-6-14;11-9-10(12-1-5-14-6-2-12)13-3-7-15-8-4-13;11-9-10(12-3-1-2-4-12)13-5-7-14-8-6-13;;;;;;;;;;;;/h2-10H2,1H3;1-9H2;1-8H2;1-8H2;9H,1-8H2;9H,1-8H2;12*1H/b12-11+;;;;;10-9+;;;;;;;;;;;;. The lowest BCUT2D eigenvalue weighted by molar-refractivity contribution is 0.00304. The van der Waals surface area contributed by atoms with Crippen LogP contribution in [-0.2, 0) is 37.9 Å². The van der Waals surface area contributed by atoms with Crippen molar-refractivity contribution < 1.29 is 134 Å². The number of halogens is 21. The zero-order valence-corrected chi connectivity index (χ0v) is 59.4. The Hall–Kier alpha value is -5.75. The first-order valence-electron chi connectivity index (χ1n) is 33.7. The average Bonchev–Trinajstić information content (AvgIpc) is 0.990. The van der Waals surface area contributed by atoms with Crippen LogP contribution < -0.4 is 0 Å². The lowest BCUT2D eigenvalue weighted by Crippen LogP contribution is -2.46. The molecule has 0 radical (unpaired) electrons. The van der Waals surface area contributed by atoms with Crippen molar-refractivity contribution in [2.75, 3.05) is 263 Å². The van der Waals surface area contributed by atoms with Crippen LogP contribution in [0.25, 0.3) is 0 Å². The van der Waals surface area contributed by atoms with E-state index in [2.05, 4.69) is 19.6 Å². The molecule has 12 heterocycles. The van der Waals surface area contributed by atoms with E-state index in [1.165, 1.54) is 32.1 Å². The largest absolute Gasteiger partial charge is 0.378 e. The topological polar surface area (TPSA) is 113 Å². The third-order valence-corrected chi connectivity index (χ3v) is 17.7. The molecule has 41 heteroatoms. The molecular weight excluding hydrogens is 1450 g/mol. The molecule has 0 aromatic rings. The van der Waals surface area contributed by atoms with E-state index in [1.54, 1.807) is 31.4 Å². The summed E-state index contributed by atoms with van der Waals surface area (Å²) < 4.78 is 159. The molecule has 12 rings (SSSR count). The molecule has 20 nitrogen and oxygen atoms in total. The van der Waals surface area contributed by atoms with E-state index in [0.29, 0.717) is 170 Å². The average molecular weight is 1570 g/mol. The third kappa shape index (κ3) is 35.8. The Bertz CT molecular complexity index is 2060. The zero-order chi connectivity index (χ0) is 65.1. The molecule has 12 saturated heterocycles. The van der Waals surface area contributed by atoms with Gasteiger partial charge in [-0.05, 0) is 71.1 Å². The van der Waals surface area contributed by atoms with Crippen molar-refractivity contribution in [3.05, 3.63) is 71.7 Å². The lowest BCUT2D eigenvalue weighted by atomic mass is 10.1. The number of morpholine rings is 8. The molecule has 0 unspecified atom stereocenters. The molecule has 624 valence electrons. The predicted molar refractivity (Wildman–Crippen MR) is 362 cm³/mol. The van der Waals surface area contributed by atoms with Crippen LogP contribution in [0.1, 0.15) is 71.1 Å². The van der Waals surface area contributed by atoms with Crippen LogP contribution in [0, 0.1) is 0 Å². The highest BCUT2D eigenvalue weighted by Crippen LogP contribution is 2.28. The maximum Gasteiger partial charge on any atom is 0.310 e. The molecule has 0 atom stereocenters. The van der Waals surface area contributed by atoms with E-state index in [9.17, 15) is 39.5 Å². The Morgan fingerprint density at radius 3 is 0.510 bits per heavy atom. The van der Waals surface area contributed by atoms with Gasteiger partial charge in [-0.2, -0.15) is 26.3 Å². The van der Waals surface area contributed by atoms with Crippen molar-refractivity contribution in [1.82, 2.24) is 58.8 Å². The maximum absolute atomic E-state index is 13.7. The van der Waals surface area contributed by atoms with E-state index in [-0.39, 0.29) is 79.7 Å². The molecule has 0 aromatic carbocycles. The molecule has 0 amide bonds. The third-order valence-electron chi connectivity index (χ3n) is 17.7. The summed E-state index contributed by atoms with van der Waals surface area (Å²) in [6, 6.07) is 0. The first-order chi connectivity index (χ1) is 45.0. The van der Waals surface area contributed by atoms with E-state index in [4.69, 9.17) is 37.9 Å². The second kappa shape index (κ2) is 62.3. The number of rotatable bonds is 12. The first kappa shape index (κ1) is 109. The van der Waals surface area contributed by atoms with Crippen LogP contribution in [0.4, 0.5) is 96.0 Å². The van der Waals surface area contributed by atoms with Gasteiger partial charge >= 0.3 is 18.2 Å². The van der Waals surface area contributed by atoms with Gasteiger partial charge in [-0.25, -0.2) is 13.2 Å². The predicted octanol–water partition coefficient (Wildman–Crippen LogP) is 9.46. The van der Waals surface area contributed by atoms with Crippen LogP contribution in [0.15, 0.2) is 71.7 Å². The fourth-order valence-electron chi connectivity index (χ4n) is 13.0. The summed E-state index contributed by atoms with van der Waals surface area (Å²) in [4.78, 5) is 23.1. The minimum atomic E-state index is -1.61. The normalized spacial score (nSPS) is 20.3. The van der Waals surface area contributed by atoms with Crippen LogP contribution >= 0.6 is 0 Å². The van der Waals surface area contributed by atoms with Gasteiger partial charge in [-0.15, -0.1) is 0 Å². The summed E-state index contributed by atoms with van der Waals surface area (Å²) in [6.45, 7) is 29.1. The van der Waals surface area contributed by atoms with Gasteiger partial charge in [0, 0.05) is 157 Å². The molecule has 104 heavy (non-hydrogen) atoms. The van der Waals surface area contributed by atoms with Crippen molar-refractivity contribution in [2.45, 2.75) is 71.1 Å². The van der Waals surface area contributed by atoms with Gasteiger partial charge in [0.15, 0.2) is 17.5 Å². The number of allylic oxidation sites excluding steroid dienone is 1. The van der Waals surface area contributed by atoms with Crippen molar-refractivity contribution in [1.29, 1.82) is 0 Å². The highest BCUT2D eigenvalue weighted by molar-refractivity contribution is 5.08. The van der Waals surface area contributed by atoms with Crippen molar-refractivity contribution in [3.8, 4) is 0 Å². The summed E-state index contributed by atoms with van der Waals surface area (Å²) in [5.41, 5.74) is 0. The van der Waals surface area contributed by atoms with E-state index in [1.807, 2.05) is 14.7 Å². The minimum Gasteiger partial charge on any atom is -0.378 e. The minimum absolute atomic E-state index is 0. The quantitative estimate of drug-likeness (QED) is 0.173. The smallest absolute Gasteiger partial charge is 0.310 e. The fourth-order valence-corrected chi connectivity index (χ4v) is 13.0. The molecular formula is C63H117F21N12O8. The second-order valence-corrected chi connectivity index (χ2v) is 23.8. The number of hydrogen-bond acceptors (Lipinski definition) is 20. The molecule has 0 spiro atoms. The van der Waals surface area contributed by atoms with E-state index in [0.717, 1.165) is 155 Å². The number of nitrogens with zero attached hydrogens (tertiary/aromatic N) is 12. The molecule has 12 aliphatic heterocycles. The number of hydrogen-bond donors (Lipinski definition) is 0. The van der Waals surface area contributed by atoms with Crippen molar-refractivity contribution in [3.63, 3.8) is 0 Å². The molecule has 0 bridgehead atoms. The monoisotopic (exact) mass is 1570 g/mol. The summed E-state index contributed by atoms with van der Waals surface area (Å²) in [5.74, 6) is 2.53.